The van der Waals surface area contributed by atoms with Crippen molar-refractivity contribution in [2.45, 2.75) is 30.2 Å². The number of hydrogen-bond donors (Lipinski definition) is 2. The van der Waals surface area contributed by atoms with Gasteiger partial charge in [-0.05, 0) is 61.4 Å². The Labute approximate surface area is 179 Å². The van der Waals surface area contributed by atoms with Crippen molar-refractivity contribution in [2.75, 3.05) is 6.54 Å². The van der Waals surface area contributed by atoms with Crippen LogP contribution in [0.4, 0.5) is 0 Å². The molecule has 0 bridgehead atoms. The average molecular weight is 442 g/mol. The first-order valence-corrected chi connectivity index (χ1v) is 11.2. The SMILES string of the molecule is O=C(NO)C1CCCCN1S(=O)(=O)c1ccc(Oc2ccc(-n3ccnc3)cc2)cc1. The van der Waals surface area contributed by atoms with Crippen LogP contribution in [0.2, 0.25) is 0 Å². The van der Waals surface area contributed by atoms with Gasteiger partial charge < -0.3 is 9.30 Å². The molecular formula is C21H22N4O5S. The van der Waals surface area contributed by atoms with Gasteiger partial charge >= 0.3 is 0 Å². The fraction of sp³-hybridized carbons (Fsp3) is 0.238. The number of aromatic nitrogens is 2. The molecule has 1 aliphatic rings. The summed E-state index contributed by atoms with van der Waals surface area (Å²) in [6.07, 6.45) is 6.98. The van der Waals surface area contributed by atoms with E-state index in [-0.39, 0.29) is 11.4 Å². The Bertz CT molecular complexity index is 1130. The quantitative estimate of drug-likeness (QED) is 0.448. The molecule has 1 aliphatic heterocycles. The molecule has 2 heterocycles. The maximum absolute atomic E-state index is 13.1. The van der Waals surface area contributed by atoms with E-state index in [0.29, 0.717) is 24.3 Å². The summed E-state index contributed by atoms with van der Waals surface area (Å²) in [5.41, 5.74) is 2.51. The second-order valence-corrected chi connectivity index (χ2v) is 9.03. The van der Waals surface area contributed by atoms with E-state index in [1.54, 1.807) is 30.1 Å². The van der Waals surface area contributed by atoms with Gasteiger partial charge in [0.25, 0.3) is 5.91 Å². The lowest BCUT2D eigenvalue weighted by Gasteiger charge is -2.33. The van der Waals surface area contributed by atoms with Crippen molar-refractivity contribution < 1.29 is 23.2 Å². The Kier molecular flexibility index (Phi) is 6.03. The predicted octanol–water partition coefficient (Wildman–Crippen LogP) is 2.71. The predicted molar refractivity (Wildman–Crippen MR) is 112 cm³/mol. The maximum atomic E-state index is 13.1. The van der Waals surface area contributed by atoms with Gasteiger partial charge in [0.15, 0.2) is 0 Å². The first kappa shape index (κ1) is 21.0. The Morgan fingerprint density at radius 2 is 1.74 bits per heavy atom. The van der Waals surface area contributed by atoms with Crippen LogP contribution in [0.1, 0.15) is 19.3 Å². The second-order valence-electron chi connectivity index (χ2n) is 7.14. The van der Waals surface area contributed by atoms with Gasteiger partial charge in [-0.1, -0.05) is 6.42 Å². The van der Waals surface area contributed by atoms with Gasteiger partial charge in [-0.15, -0.1) is 0 Å². The standard InChI is InChI=1S/C21H22N4O5S/c26-21(23-27)20-3-1-2-13-25(20)31(28,29)19-10-8-18(9-11-19)30-17-6-4-16(5-7-17)24-14-12-22-15-24/h4-12,14-15,20,27H,1-3,13H2,(H,23,26). The first-order chi connectivity index (χ1) is 15.0. The minimum absolute atomic E-state index is 0.0629. The highest BCUT2D eigenvalue weighted by atomic mass is 32.2. The summed E-state index contributed by atoms with van der Waals surface area (Å²) in [5, 5.41) is 8.95. The normalized spacial score (nSPS) is 17.3. The largest absolute Gasteiger partial charge is 0.457 e. The minimum Gasteiger partial charge on any atom is -0.457 e. The number of sulfonamides is 1. The molecular weight excluding hydrogens is 420 g/mol. The minimum atomic E-state index is -3.89. The fourth-order valence-electron chi connectivity index (χ4n) is 3.58. The Morgan fingerprint density at radius 3 is 2.35 bits per heavy atom. The highest BCUT2D eigenvalue weighted by Gasteiger charge is 2.37. The molecule has 31 heavy (non-hydrogen) atoms. The van der Waals surface area contributed by atoms with E-state index in [1.807, 2.05) is 35.0 Å². The van der Waals surface area contributed by atoms with Crippen molar-refractivity contribution in [1.82, 2.24) is 19.3 Å². The van der Waals surface area contributed by atoms with Crippen LogP contribution >= 0.6 is 0 Å². The average Bonchev–Trinajstić information content (AvgIpc) is 3.34. The molecule has 1 saturated heterocycles. The fourth-order valence-corrected chi connectivity index (χ4v) is 5.23. The molecule has 162 valence electrons. The van der Waals surface area contributed by atoms with Crippen molar-refractivity contribution >= 4 is 15.9 Å². The summed E-state index contributed by atoms with van der Waals surface area (Å²) < 4.78 is 34.9. The third-order valence-electron chi connectivity index (χ3n) is 5.17. The summed E-state index contributed by atoms with van der Waals surface area (Å²) in [7, 11) is -3.89. The number of imidazole rings is 1. The number of piperidine rings is 1. The maximum Gasteiger partial charge on any atom is 0.261 e. The molecule has 3 aromatic rings. The highest BCUT2D eigenvalue weighted by molar-refractivity contribution is 7.89. The van der Waals surface area contributed by atoms with Crippen molar-refractivity contribution in [3.63, 3.8) is 0 Å². The molecule has 2 N–H and O–H groups in total. The molecule has 9 nitrogen and oxygen atoms in total. The molecule has 4 rings (SSSR count). The molecule has 1 fully saturated rings. The smallest absolute Gasteiger partial charge is 0.261 e. The Hall–Kier alpha value is -3.21. The van der Waals surface area contributed by atoms with E-state index in [0.717, 1.165) is 16.4 Å². The molecule has 0 aliphatic carbocycles. The molecule has 10 heteroatoms. The summed E-state index contributed by atoms with van der Waals surface area (Å²) >= 11 is 0. The number of hydrogen-bond acceptors (Lipinski definition) is 6. The summed E-state index contributed by atoms with van der Waals surface area (Å²) in [6, 6.07) is 12.5. The number of amides is 1. The summed E-state index contributed by atoms with van der Waals surface area (Å²) in [6.45, 7) is 0.224. The van der Waals surface area contributed by atoms with Crippen LogP contribution < -0.4 is 10.2 Å². The van der Waals surface area contributed by atoms with Crippen molar-refractivity contribution in [1.29, 1.82) is 0 Å². The molecule has 1 unspecified atom stereocenters. The van der Waals surface area contributed by atoms with Crippen LogP contribution in [-0.2, 0) is 14.8 Å². The number of nitrogens with zero attached hydrogens (tertiary/aromatic N) is 3. The van der Waals surface area contributed by atoms with Gasteiger partial charge in [0.2, 0.25) is 10.0 Å². The Balaban J connectivity index is 1.49. The van der Waals surface area contributed by atoms with Crippen LogP contribution in [0.5, 0.6) is 11.5 Å². The van der Waals surface area contributed by atoms with E-state index in [1.165, 1.54) is 12.1 Å². The third kappa shape index (κ3) is 4.46. The number of hydroxylamine groups is 1. The van der Waals surface area contributed by atoms with Gasteiger partial charge in [0.1, 0.15) is 17.5 Å². The molecule has 0 spiro atoms. The van der Waals surface area contributed by atoms with Crippen molar-refractivity contribution in [3.8, 4) is 17.2 Å². The molecule has 1 aromatic heterocycles. The molecule has 2 aromatic carbocycles. The van der Waals surface area contributed by atoms with E-state index < -0.39 is 22.0 Å². The summed E-state index contributed by atoms with van der Waals surface area (Å²) in [4.78, 5) is 16.0. The van der Waals surface area contributed by atoms with E-state index >= 15 is 0 Å². The van der Waals surface area contributed by atoms with E-state index in [4.69, 9.17) is 9.94 Å². The highest BCUT2D eigenvalue weighted by Crippen LogP contribution is 2.28. The Morgan fingerprint density at radius 1 is 1.06 bits per heavy atom. The third-order valence-corrected chi connectivity index (χ3v) is 7.09. The molecule has 1 atom stereocenters. The van der Waals surface area contributed by atoms with Crippen molar-refractivity contribution in [3.05, 3.63) is 67.3 Å². The van der Waals surface area contributed by atoms with Crippen molar-refractivity contribution in [2.24, 2.45) is 0 Å². The van der Waals surface area contributed by atoms with E-state index in [9.17, 15) is 13.2 Å². The topological polar surface area (TPSA) is 114 Å². The number of ether oxygens (including phenoxy) is 1. The second kappa shape index (κ2) is 8.88. The van der Waals surface area contributed by atoms with Gasteiger partial charge in [0, 0.05) is 24.6 Å². The van der Waals surface area contributed by atoms with Crippen LogP contribution in [-0.4, -0.2) is 46.0 Å². The lowest BCUT2D eigenvalue weighted by Crippen LogP contribution is -2.51. The van der Waals surface area contributed by atoms with Gasteiger partial charge in [-0.3, -0.25) is 10.0 Å². The number of benzene rings is 2. The van der Waals surface area contributed by atoms with Crippen LogP contribution in [0.3, 0.4) is 0 Å². The lowest BCUT2D eigenvalue weighted by molar-refractivity contribution is -0.134. The first-order valence-electron chi connectivity index (χ1n) is 9.81. The zero-order valence-corrected chi connectivity index (χ0v) is 17.4. The monoisotopic (exact) mass is 442 g/mol. The van der Waals surface area contributed by atoms with Gasteiger partial charge in [0.05, 0.1) is 11.2 Å². The number of nitrogens with one attached hydrogen (secondary N) is 1. The zero-order chi connectivity index (χ0) is 21.8. The number of rotatable bonds is 6. The number of carbonyl (C=O) groups is 1. The molecule has 0 radical (unpaired) electrons. The molecule has 1 amide bonds. The zero-order valence-electron chi connectivity index (χ0n) is 16.6. The molecule has 0 saturated carbocycles. The lowest BCUT2D eigenvalue weighted by atomic mass is 10.0. The van der Waals surface area contributed by atoms with E-state index in [2.05, 4.69) is 4.98 Å². The van der Waals surface area contributed by atoms with Crippen LogP contribution in [0.15, 0.2) is 72.1 Å². The van der Waals surface area contributed by atoms with Crippen LogP contribution in [0, 0.1) is 0 Å². The van der Waals surface area contributed by atoms with Crippen LogP contribution in [0.25, 0.3) is 5.69 Å². The number of carbonyl (C=O) groups excluding carboxylic acids is 1. The summed E-state index contributed by atoms with van der Waals surface area (Å²) in [5.74, 6) is 0.371. The van der Waals surface area contributed by atoms with Gasteiger partial charge in [-0.25, -0.2) is 18.9 Å². The van der Waals surface area contributed by atoms with Gasteiger partial charge in [-0.2, -0.15) is 4.31 Å².